The Balaban J connectivity index is 1.47. The number of nitrogens with one attached hydrogen (secondary N) is 1. The average molecular weight is 348 g/mol. The van der Waals surface area contributed by atoms with E-state index >= 15 is 0 Å². The topological polar surface area (TPSA) is 54.0 Å². The zero-order valence-corrected chi connectivity index (χ0v) is 15.4. The van der Waals surface area contributed by atoms with E-state index in [1.807, 2.05) is 19.1 Å². The monoisotopic (exact) mass is 348 g/mol. The molecule has 5 nitrogen and oxygen atoms in total. The van der Waals surface area contributed by atoms with E-state index < -0.39 is 5.60 Å². The van der Waals surface area contributed by atoms with Crippen LogP contribution in [0.4, 0.5) is 0 Å². The fourth-order valence-electron chi connectivity index (χ4n) is 3.71. The molecule has 2 fully saturated rings. The molecule has 2 N–H and O–H groups in total. The van der Waals surface area contributed by atoms with Crippen LogP contribution < -0.4 is 10.1 Å². The van der Waals surface area contributed by atoms with Crippen molar-refractivity contribution >= 4 is 0 Å². The highest BCUT2D eigenvalue weighted by molar-refractivity contribution is 5.33. The number of benzene rings is 1. The van der Waals surface area contributed by atoms with Gasteiger partial charge in [-0.25, -0.2) is 0 Å². The van der Waals surface area contributed by atoms with Crippen molar-refractivity contribution in [2.45, 2.75) is 50.9 Å². The number of para-hydroxylation sites is 1. The lowest BCUT2D eigenvalue weighted by Gasteiger charge is -2.34. The van der Waals surface area contributed by atoms with E-state index in [9.17, 15) is 5.11 Å². The van der Waals surface area contributed by atoms with Gasteiger partial charge in [0, 0.05) is 38.3 Å². The summed E-state index contributed by atoms with van der Waals surface area (Å²) in [6, 6.07) is 8.24. The maximum atomic E-state index is 10.7. The molecule has 0 amide bonds. The van der Waals surface area contributed by atoms with Crippen molar-refractivity contribution in [1.29, 1.82) is 0 Å². The van der Waals surface area contributed by atoms with Gasteiger partial charge in [-0.05, 0) is 38.7 Å². The van der Waals surface area contributed by atoms with Crippen molar-refractivity contribution in [3.8, 4) is 5.75 Å². The first-order chi connectivity index (χ1) is 12.1. The normalized spacial score (nSPS) is 22.0. The highest BCUT2D eigenvalue weighted by atomic mass is 16.5. The minimum atomic E-state index is -0.751. The maximum Gasteiger partial charge on any atom is 0.124 e. The number of nitrogens with zero attached hydrogens (tertiary/aromatic N) is 1. The summed E-state index contributed by atoms with van der Waals surface area (Å²) in [4.78, 5) is 2.27. The molecule has 3 rings (SSSR count). The molecule has 0 radical (unpaired) electrons. The molecular weight excluding hydrogens is 316 g/mol. The SMILES string of the molecule is CC(O)(CNCc1ccccc1OC1CCCC1)CN1CCOCC1. The average Bonchev–Trinajstić information content (AvgIpc) is 3.10. The van der Waals surface area contributed by atoms with Gasteiger partial charge in [-0.15, -0.1) is 0 Å². The summed E-state index contributed by atoms with van der Waals surface area (Å²) in [5.74, 6) is 0.981. The summed E-state index contributed by atoms with van der Waals surface area (Å²) >= 11 is 0. The Labute approximate surface area is 151 Å². The Morgan fingerprint density at radius 2 is 1.96 bits per heavy atom. The molecule has 1 saturated carbocycles. The molecule has 1 saturated heterocycles. The molecule has 1 aliphatic heterocycles. The Morgan fingerprint density at radius 1 is 1.24 bits per heavy atom. The van der Waals surface area contributed by atoms with E-state index in [1.54, 1.807) is 0 Å². The summed E-state index contributed by atoms with van der Waals surface area (Å²) in [5, 5.41) is 14.1. The highest BCUT2D eigenvalue weighted by Gasteiger charge is 2.25. The first kappa shape index (κ1) is 18.6. The van der Waals surface area contributed by atoms with Crippen molar-refractivity contribution in [2.75, 3.05) is 39.4 Å². The molecule has 1 aliphatic carbocycles. The third-order valence-electron chi connectivity index (χ3n) is 5.06. The lowest BCUT2D eigenvalue weighted by atomic mass is 10.1. The summed E-state index contributed by atoms with van der Waals surface area (Å²) < 4.78 is 11.6. The molecule has 25 heavy (non-hydrogen) atoms. The number of ether oxygens (including phenoxy) is 2. The Kier molecular flexibility index (Phi) is 6.70. The third kappa shape index (κ3) is 5.96. The second-order valence-electron chi connectivity index (χ2n) is 7.62. The largest absolute Gasteiger partial charge is 0.490 e. The van der Waals surface area contributed by atoms with Gasteiger partial charge in [-0.2, -0.15) is 0 Å². The van der Waals surface area contributed by atoms with Crippen LogP contribution in [0.5, 0.6) is 5.75 Å². The van der Waals surface area contributed by atoms with E-state index in [4.69, 9.17) is 9.47 Å². The Morgan fingerprint density at radius 3 is 2.72 bits per heavy atom. The van der Waals surface area contributed by atoms with E-state index in [0.29, 0.717) is 25.7 Å². The minimum absolute atomic E-state index is 0.366. The summed E-state index contributed by atoms with van der Waals surface area (Å²) in [7, 11) is 0. The van der Waals surface area contributed by atoms with E-state index in [-0.39, 0.29) is 0 Å². The van der Waals surface area contributed by atoms with Crippen LogP contribution in [-0.4, -0.2) is 61.1 Å². The van der Waals surface area contributed by atoms with Gasteiger partial charge in [0.15, 0.2) is 0 Å². The summed E-state index contributed by atoms with van der Waals surface area (Å²) in [6.07, 6.45) is 5.24. The molecule has 2 aliphatic rings. The van der Waals surface area contributed by atoms with Gasteiger partial charge in [0.2, 0.25) is 0 Å². The van der Waals surface area contributed by atoms with Crippen LogP contribution in [0.15, 0.2) is 24.3 Å². The molecule has 1 unspecified atom stereocenters. The van der Waals surface area contributed by atoms with Gasteiger partial charge in [0.25, 0.3) is 0 Å². The van der Waals surface area contributed by atoms with Gasteiger partial charge in [-0.3, -0.25) is 4.90 Å². The maximum absolute atomic E-state index is 10.7. The molecule has 0 aromatic heterocycles. The number of hydrogen-bond acceptors (Lipinski definition) is 5. The lowest BCUT2D eigenvalue weighted by Crippen LogP contribution is -2.50. The number of rotatable bonds is 8. The van der Waals surface area contributed by atoms with Crippen molar-refractivity contribution < 1.29 is 14.6 Å². The quantitative estimate of drug-likeness (QED) is 0.754. The van der Waals surface area contributed by atoms with Gasteiger partial charge in [0.05, 0.1) is 24.9 Å². The van der Waals surface area contributed by atoms with Crippen molar-refractivity contribution in [3.05, 3.63) is 29.8 Å². The number of aliphatic hydroxyl groups is 1. The van der Waals surface area contributed by atoms with Crippen LogP contribution in [0.2, 0.25) is 0 Å². The lowest BCUT2D eigenvalue weighted by molar-refractivity contribution is -0.0219. The minimum Gasteiger partial charge on any atom is -0.490 e. The molecule has 1 atom stereocenters. The van der Waals surface area contributed by atoms with Gasteiger partial charge in [-0.1, -0.05) is 18.2 Å². The second kappa shape index (κ2) is 8.99. The van der Waals surface area contributed by atoms with Gasteiger partial charge < -0.3 is 19.9 Å². The van der Waals surface area contributed by atoms with Crippen molar-refractivity contribution in [1.82, 2.24) is 10.2 Å². The Hall–Kier alpha value is -1.14. The molecule has 5 heteroatoms. The number of β-amino-alcohol motifs (C(OH)–C–C–N with tert-alkyl or cyclic N) is 1. The standard InChI is InChI=1S/C20H32N2O3/c1-20(23,16-22-10-12-24-13-11-22)15-21-14-17-6-2-5-9-19(17)25-18-7-3-4-8-18/h2,5-6,9,18,21,23H,3-4,7-8,10-16H2,1H3. The second-order valence-corrected chi connectivity index (χ2v) is 7.62. The van der Waals surface area contributed by atoms with Crippen LogP contribution in [0, 0.1) is 0 Å². The zero-order chi connectivity index (χ0) is 17.5. The van der Waals surface area contributed by atoms with Crippen LogP contribution in [0.3, 0.4) is 0 Å². The predicted octanol–water partition coefficient (Wildman–Crippen LogP) is 2.18. The molecule has 0 spiro atoms. The molecule has 1 aromatic rings. The van der Waals surface area contributed by atoms with E-state index in [0.717, 1.165) is 50.5 Å². The smallest absolute Gasteiger partial charge is 0.124 e. The van der Waals surface area contributed by atoms with Crippen LogP contribution in [0.1, 0.15) is 38.2 Å². The summed E-state index contributed by atoms with van der Waals surface area (Å²) in [6.45, 7) is 7.15. The predicted molar refractivity (Wildman–Crippen MR) is 98.9 cm³/mol. The molecule has 140 valence electrons. The molecular formula is C20H32N2O3. The summed E-state index contributed by atoms with van der Waals surface area (Å²) in [5.41, 5.74) is 0.412. The molecule has 1 heterocycles. The third-order valence-corrected chi connectivity index (χ3v) is 5.06. The van der Waals surface area contributed by atoms with Gasteiger partial charge >= 0.3 is 0 Å². The zero-order valence-electron chi connectivity index (χ0n) is 15.4. The van der Waals surface area contributed by atoms with Crippen molar-refractivity contribution in [2.24, 2.45) is 0 Å². The number of hydrogen-bond donors (Lipinski definition) is 2. The first-order valence-corrected chi connectivity index (χ1v) is 9.60. The van der Waals surface area contributed by atoms with Crippen molar-refractivity contribution in [3.63, 3.8) is 0 Å². The Bertz CT molecular complexity index is 523. The van der Waals surface area contributed by atoms with E-state index in [2.05, 4.69) is 22.3 Å². The van der Waals surface area contributed by atoms with Crippen LogP contribution in [0.25, 0.3) is 0 Å². The van der Waals surface area contributed by atoms with Crippen LogP contribution in [-0.2, 0) is 11.3 Å². The fraction of sp³-hybridized carbons (Fsp3) is 0.700. The van der Waals surface area contributed by atoms with Crippen LogP contribution >= 0.6 is 0 Å². The highest BCUT2D eigenvalue weighted by Crippen LogP contribution is 2.26. The molecule has 1 aromatic carbocycles. The van der Waals surface area contributed by atoms with E-state index in [1.165, 1.54) is 12.8 Å². The number of morpholine rings is 1. The first-order valence-electron chi connectivity index (χ1n) is 9.60. The van der Waals surface area contributed by atoms with Gasteiger partial charge in [0.1, 0.15) is 5.75 Å². The fourth-order valence-corrected chi connectivity index (χ4v) is 3.71. The molecule has 0 bridgehead atoms.